The molecule has 4 nitrogen and oxygen atoms in total. The number of pyridine rings is 1. The Hall–Kier alpha value is -2.36. The molecule has 0 bridgehead atoms. The van der Waals surface area contributed by atoms with Gasteiger partial charge in [-0.05, 0) is 30.2 Å². The zero-order valence-corrected chi connectivity index (χ0v) is 11.7. The van der Waals surface area contributed by atoms with E-state index in [1.807, 2.05) is 30.7 Å². The number of imidazole rings is 1. The number of nitrogens with one attached hydrogen (secondary N) is 1. The van der Waals surface area contributed by atoms with E-state index in [-0.39, 0.29) is 0 Å². The first-order valence-electron chi connectivity index (χ1n) is 6.86. The third-order valence-corrected chi connectivity index (χ3v) is 3.17. The lowest BCUT2D eigenvalue weighted by atomic mass is 10.2. The Labute approximate surface area is 118 Å². The van der Waals surface area contributed by atoms with E-state index in [1.54, 1.807) is 0 Å². The van der Waals surface area contributed by atoms with Gasteiger partial charge in [-0.2, -0.15) is 0 Å². The largest absolute Gasteiger partial charge is 0.355 e. The van der Waals surface area contributed by atoms with E-state index in [2.05, 4.69) is 51.9 Å². The fourth-order valence-electron chi connectivity index (χ4n) is 2.15. The maximum atomic E-state index is 4.38. The molecule has 4 heteroatoms. The smallest absolute Gasteiger partial charge is 0.207 e. The predicted octanol–water partition coefficient (Wildman–Crippen LogP) is 3.49. The van der Waals surface area contributed by atoms with Gasteiger partial charge in [0.15, 0.2) is 0 Å². The van der Waals surface area contributed by atoms with Crippen molar-refractivity contribution in [2.24, 2.45) is 5.92 Å². The van der Waals surface area contributed by atoms with Crippen LogP contribution in [0.5, 0.6) is 0 Å². The van der Waals surface area contributed by atoms with E-state index in [4.69, 9.17) is 0 Å². The molecule has 20 heavy (non-hydrogen) atoms. The van der Waals surface area contributed by atoms with Gasteiger partial charge in [-0.3, -0.25) is 9.55 Å². The Bertz CT molecular complexity index is 715. The van der Waals surface area contributed by atoms with E-state index in [9.17, 15) is 0 Å². The Morgan fingerprint density at radius 1 is 1.15 bits per heavy atom. The average molecular weight is 266 g/mol. The molecule has 0 aliphatic carbocycles. The molecule has 0 saturated carbocycles. The van der Waals surface area contributed by atoms with Gasteiger partial charge < -0.3 is 5.32 Å². The average Bonchev–Trinajstić information content (AvgIpc) is 2.93. The molecule has 0 amide bonds. The van der Waals surface area contributed by atoms with Gasteiger partial charge in [-0.25, -0.2) is 4.98 Å². The SMILES string of the molecule is CC(C)CNc1nccn1-c1ccc2ncccc2c1. The molecule has 0 saturated heterocycles. The Kier molecular flexibility index (Phi) is 3.37. The van der Waals surface area contributed by atoms with Crippen LogP contribution in [0.3, 0.4) is 0 Å². The van der Waals surface area contributed by atoms with Gasteiger partial charge in [0.2, 0.25) is 5.95 Å². The maximum Gasteiger partial charge on any atom is 0.207 e. The molecule has 0 unspecified atom stereocenters. The first kappa shape index (κ1) is 12.7. The highest BCUT2D eigenvalue weighted by molar-refractivity contribution is 5.80. The van der Waals surface area contributed by atoms with Crippen LogP contribution in [0.1, 0.15) is 13.8 Å². The van der Waals surface area contributed by atoms with Gasteiger partial charge in [0, 0.05) is 36.2 Å². The van der Waals surface area contributed by atoms with Crippen LogP contribution in [0.15, 0.2) is 48.9 Å². The summed E-state index contributed by atoms with van der Waals surface area (Å²) in [6, 6.07) is 10.3. The number of hydrogen-bond donors (Lipinski definition) is 1. The van der Waals surface area contributed by atoms with Crippen LogP contribution < -0.4 is 5.32 Å². The highest BCUT2D eigenvalue weighted by Gasteiger charge is 2.06. The van der Waals surface area contributed by atoms with Crippen molar-refractivity contribution in [1.29, 1.82) is 0 Å². The monoisotopic (exact) mass is 266 g/mol. The van der Waals surface area contributed by atoms with E-state index >= 15 is 0 Å². The highest BCUT2D eigenvalue weighted by Crippen LogP contribution is 2.19. The number of fused-ring (bicyclic) bond motifs is 1. The molecule has 1 N–H and O–H groups in total. The number of benzene rings is 1. The Balaban J connectivity index is 1.96. The summed E-state index contributed by atoms with van der Waals surface area (Å²) < 4.78 is 2.06. The molecule has 0 atom stereocenters. The van der Waals surface area contributed by atoms with Gasteiger partial charge in [-0.15, -0.1) is 0 Å². The van der Waals surface area contributed by atoms with Gasteiger partial charge >= 0.3 is 0 Å². The Morgan fingerprint density at radius 2 is 2.05 bits per heavy atom. The summed E-state index contributed by atoms with van der Waals surface area (Å²) in [7, 11) is 0. The van der Waals surface area contributed by atoms with Crippen molar-refractivity contribution < 1.29 is 0 Å². The minimum Gasteiger partial charge on any atom is -0.355 e. The molecule has 0 aliphatic rings. The molecular weight excluding hydrogens is 248 g/mol. The summed E-state index contributed by atoms with van der Waals surface area (Å²) in [6.07, 6.45) is 5.60. The summed E-state index contributed by atoms with van der Waals surface area (Å²) in [4.78, 5) is 8.73. The van der Waals surface area contributed by atoms with Crippen LogP contribution in [0.2, 0.25) is 0 Å². The van der Waals surface area contributed by atoms with Crippen LogP contribution in [-0.4, -0.2) is 21.1 Å². The second-order valence-corrected chi connectivity index (χ2v) is 5.28. The number of anilines is 1. The molecule has 2 heterocycles. The molecule has 3 aromatic rings. The van der Waals surface area contributed by atoms with Crippen LogP contribution in [-0.2, 0) is 0 Å². The molecule has 102 valence electrons. The molecule has 0 aliphatic heterocycles. The van der Waals surface area contributed by atoms with Gasteiger partial charge in [0.1, 0.15) is 0 Å². The van der Waals surface area contributed by atoms with E-state index < -0.39 is 0 Å². The molecule has 0 fully saturated rings. The van der Waals surface area contributed by atoms with Crippen molar-refractivity contribution in [2.75, 3.05) is 11.9 Å². The lowest BCUT2D eigenvalue weighted by Crippen LogP contribution is -2.11. The van der Waals surface area contributed by atoms with Crippen molar-refractivity contribution in [1.82, 2.24) is 14.5 Å². The van der Waals surface area contributed by atoms with Crippen LogP contribution in [0.25, 0.3) is 16.6 Å². The number of rotatable bonds is 4. The topological polar surface area (TPSA) is 42.7 Å². The second kappa shape index (κ2) is 5.33. The van der Waals surface area contributed by atoms with Crippen LogP contribution in [0, 0.1) is 5.92 Å². The fourth-order valence-corrected chi connectivity index (χ4v) is 2.15. The van der Waals surface area contributed by atoms with Gasteiger partial charge in [-0.1, -0.05) is 19.9 Å². The summed E-state index contributed by atoms with van der Waals surface area (Å²) >= 11 is 0. The van der Waals surface area contributed by atoms with Crippen molar-refractivity contribution in [3.8, 4) is 5.69 Å². The third-order valence-electron chi connectivity index (χ3n) is 3.17. The summed E-state index contributed by atoms with van der Waals surface area (Å²) in [6.45, 7) is 5.27. The third kappa shape index (κ3) is 2.50. The summed E-state index contributed by atoms with van der Waals surface area (Å²) in [5.74, 6) is 1.46. The second-order valence-electron chi connectivity index (χ2n) is 5.28. The zero-order chi connectivity index (χ0) is 13.9. The predicted molar refractivity (Wildman–Crippen MR) is 82.2 cm³/mol. The highest BCUT2D eigenvalue weighted by atomic mass is 15.2. The van der Waals surface area contributed by atoms with Crippen molar-refractivity contribution in [3.05, 3.63) is 48.9 Å². The molecule has 0 radical (unpaired) electrons. The van der Waals surface area contributed by atoms with E-state index in [0.29, 0.717) is 5.92 Å². The summed E-state index contributed by atoms with van der Waals surface area (Å²) in [5, 5.41) is 4.51. The van der Waals surface area contributed by atoms with Crippen LogP contribution in [0.4, 0.5) is 5.95 Å². The normalized spacial score (nSPS) is 11.2. The maximum absolute atomic E-state index is 4.38. The van der Waals surface area contributed by atoms with Crippen molar-refractivity contribution >= 4 is 16.9 Å². The quantitative estimate of drug-likeness (QED) is 0.786. The molecular formula is C16H18N4. The minimum absolute atomic E-state index is 0.584. The summed E-state index contributed by atoms with van der Waals surface area (Å²) in [5.41, 5.74) is 2.10. The molecule has 1 aromatic carbocycles. The van der Waals surface area contributed by atoms with Crippen molar-refractivity contribution in [2.45, 2.75) is 13.8 Å². The standard InChI is InChI=1S/C16H18N4/c1-12(2)11-19-16-18-8-9-20(16)14-5-6-15-13(10-14)4-3-7-17-15/h3-10,12H,11H2,1-2H3,(H,18,19). The fraction of sp³-hybridized carbons (Fsp3) is 0.250. The van der Waals surface area contributed by atoms with E-state index in [0.717, 1.165) is 29.1 Å². The van der Waals surface area contributed by atoms with E-state index in [1.165, 1.54) is 0 Å². The number of aromatic nitrogens is 3. The lowest BCUT2D eigenvalue weighted by molar-refractivity contribution is 0.683. The van der Waals surface area contributed by atoms with Crippen LogP contribution >= 0.6 is 0 Å². The lowest BCUT2D eigenvalue weighted by Gasteiger charge is -2.12. The Morgan fingerprint density at radius 3 is 2.90 bits per heavy atom. The number of nitrogens with zero attached hydrogens (tertiary/aromatic N) is 3. The zero-order valence-electron chi connectivity index (χ0n) is 11.7. The van der Waals surface area contributed by atoms with Gasteiger partial charge in [0.05, 0.1) is 5.52 Å². The molecule has 0 spiro atoms. The molecule has 3 rings (SSSR count). The minimum atomic E-state index is 0.584. The first-order valence-corrected chi connectivity index (χ1v) is 6.86. The first-order chi connectivity index (χ1) is 9.74. The number of hydrogen-bond acceptors (Lipinski definition) is 3. The van der Waals surface area contributed by atoms with Crippen molar-refractivity contribution in [3.63, 3.8) is 0 Å². The van der Waals surface area contributed by atoms with Gasteiger partial charge in [0.25, 0.3) is 0 Å². The molecule has 2 aromatic heterocycles.